The molecular formula is C20H25NO3. The lowest BCUT2D eigenvalue weighted by Crippen LogP contribution is -2.42. The Hall–Kier alpha value is -1.72. The van der Waals surface area contributed by atoms with Crippen molar-refractivity contribution in [3.63, 3.8) is 0 Å². The van der Waals surface area contributed by atoms with Crippen LogP contribution in [0.3, 0.4) is 0 Å². The smallest absolute Gasteiger partial charge is 0.108 e. The number of hydrogen-bond donors (Lipinski definition) is 1. The molecule has 0 amide bonds. The highest BCUT2D eigenvalue weighted by molar-refractivity contribution is 5.29. The summed E-state index contributed by atoms with van der Waals surface area (Å²) in [6, 6.07) is 20.3. The van der Waals surface area contributed by atoms with Crippen LogP contribution in [0.25, 0.3) is 0 Å². The van der Waals surface area contributed by atoms with E-state index in [4.69, 9.17) is 9.47 Å². The fraction of sp³-hybridized carbons (Fsp3) is 0.400. The Balaban J connectivity index is 1.62. The van der Waals surface area contributed by atoms with E-state index in [0.717, 1.165) is 37.4 Å². The highest BCUT2D eigenvalue weighted by Crippen LogP contribution is 2.25. The van der Waals surface area contributed by atoms with Crippen molar-refractivity contribution in [2.24, 2.45) is 0 Å². The fourth-order valence-electron chi connectivity index (χ4n) is 2.98. The molecule has 1 aliphatic heterocycles. The van der Waals surface area contributed by atoms with Gasteiger partial charge in [-0.15, -0.1) is 0 Å². The minimum Gasteiger partial charge on any atom is -0.389 e. The summed E-state index contributed by atoms with van der Waals surface area (Å²) < 4.78 is 11.5. The molecule has 2 aromatic rings. The van der Waals surface area contributed by atoms with Crippen molar-refractivity contribution < 1.29 is 14.6 Å². The van der Waals surface area contributed by atoms with E-state index in [1.165, 1.54) is 0 Å². The van der Waals surface area contributed by atoms with Crippen LogP contribution in [0.1, 0.15) is 17.2 Å². The summed E-state index contributed by atoms with van der Waals surface area (Å²) in [6.07, 6.45) is -0.662. The largest absolute Gasteiger partial charge is 0.389 e. The maximum atomic E-state index is 10.3. The third kappa shape index (κ3) is 4.89. The molecule has 0 saturated carbocycles. The van der Waals surface area contributed by atoms with Crippen LogP contribution in [-0.2, 0) is 9.47 Å². The normalized spacial score (nSPS) is 17.1. The molecule has 1 fully saturated rings. The molecule has 24 heavy (non-hydrogen) atoms. The quantitative estimate of drug-likeness (QED) is 0.848. The summed E-state index contributed by atoms with van der Waals surface area (Å²) in [4.78, 5) is 2.22. The van der Waals surface area contributed by atoms with Gasteiger partial charge in [0.2, 0.25) is 0 Å². The van der Waals surface area contributed by atoms with Crippen LogP contribution in [0, 0.1) is 0 Å². The van der Waals surface area contributed by atoms with Gasteiger partial charge in [0.1, 0.15) is 6.10 Å². The lowest BCUT2D eigenvalue weighted by atomic mass is 10.0. The Kier molecular flexibility index (Phi) is 6.38. The number of morpholine rings is 1. The Morgan fingerprint density at radius 2 is 1.46 bits per heavy atom. The molecule has 1 aliphatic rings. The van der Waals surface area contributed by atoms with Gasteiger partial charge < -0.3 is 14.6 Å². The van der Waals surface area contributed by atoms with Crippen molar-refractivity contribution in [1.82, 2.24) is 4.90 Å². The van der Waals surface area contributed by atoms with Gasteiger partial charge in [-0.1, -0.05) is 60.7 Å². The summed E-state index contributed by atoms with van der Waals surface area (Å²) in [5.41, 5.74) is 2.20. The third-order valence-electron chi connectivity index (χ3n) is 4.23. The predicted molar refractivity (Wildman–Crippen MR) is 93.9 cm³/mol. The average molecular weight is 327 g/mol. The van der Waals surface area contributed by atoms with Gasteiger partial charge in [-0.05, 0) is 11.1 Å². The van der Waals surface area contributed by atoms with Crippen molar-refractivity contribution in [3.8, 4) is 0 Å². The zero-order valence-corrected chi connectivity index (χ0v) is 13.9. The number of rotatable bonds is 7. The van der Waals surface area contributed by atoms with Crippen LogP contribution >= 0.6 is 0 Å². The Labute approximate surface area is 143 Å². The van der Waals surface area contributed by atoms with Crippen LogP contribution in [0.15, 0.2) is 60.7 Å². The maximum Gasteiger partial charge on any atom is 0.108 e. The number of aliphatic hydroxyl groups is 1. The monoisotopic (exact) mass is 327 g/mol. The fourth-order valence-corrected chi connectivity index (χ4v) is 2.98. The second kappa shape index (κ2) is 8.94. The number of β-amino-alcohol motifs (C(OH)–C–C–N with tert-alkyl or cyclic N) is 1. The molecule has 0 unspecified atom stereocenters. The van der Waals surface area contributed by atoms with Crippen LogP contribution in [0.5, 0.6) is 0 Å². The van der Waals surface area contributed by atoms with Gasteiger partial charge in [-0.3, -0.25) is 4.90 Å². The van der Waals surface area contributed by atoms with Crippen LogP contribution in [-0.4, -0.2) is 55.6 Å². The van der Waals surface area contributed by atoms with Gasteiger partial charge in [-0.2, -0.15) is 0 Å². The van der Waals surface area contributed by atoms with E-state index >= 15 is 0 Å². The first-order chi connectivity index (χ1) is 11.8. The molecule has 0 aliphatic carbocycles. The highest BCUT2D eigenvalue weighted by Gasteiger charge is 2.19. The molecule has 128 valence electrons. The molecule has 0 aromatic heterocycles. The molecule has 1 N–H and O–H groups in total. The van der Waals surface area contributed by atoms with E-state index in [2.05, 4.69) is 29.2 Å². The lowest BCUT2D eigenvalue weighted by molar-refractivity contribution is -0.0278. The van der Waals surface area contributed by atoms with E-state index in [-0.39, 0.29) is 6.10 Å². The van der Waals surface area contributed by atoms with Crippen molar-refractivity contribution in [3.05, 3.63) is 71.8 Å². The minimum atomic E-state index is -0.502. The van der Waals surface area contributed by atoms with Crippen molar-refractivity contribution in [2.75, 3.05) is 39.5 Å². The molecule has 4 heteroatoms. The summed E-state index contributed by atoms with van der Waals surface area (Å²) in [5, 5.41) is 10.3. The van der Waals surface area contributed by atoms with E-state index in [9.17, 15) is 5.11 Å². The summed E-state index contributed by atoms with van der Waals surface area (Å²) in [6.45, 7) is 4.16. The van der Waals surface area contributed by atoms with Crippen molar-refractivity contribution >= 4 is 0 Å². The number of nitrogens with zero attached hydrogens (tertiary/aromatic N) is 1. The van der Waals surface area contributed by atoms with E-state index in [1.807, 2.05) is 36.4 Å². The highest BCUT2D eigenvalue weighted by atomic mass is 16.5. The first-order valence-electron chi connectivity index (χ1n) is 8.52. The molecule has 2 aromatic carbocycles. The number of benzene rings is 2. The van der Waals surface area contributed by atoms with E-state index in [1.54, 1.807) is 0 Å². The zero-order valence-electron chi connectivity index (χ0n) is 13.9. The topological polar surface area (TPSA) is 41.9 Å². The molecule has 0 radical (unpaired) electrons. The first-order valence-corrected chi connectivity index (χ1v) is 8.52. The second-order valence-corrected chi connectivity index (χ2v) is 6.10. The van der Waals surface area contributed by atoms with E-state index < -0.39 is 6.10 Å². The molecule has 3 rings (SSSR count). The second-order valence-electron chi connectivity index (χ2n) is 6.10. The van der Waals surface area contributed by atoms with Gasteiger partial charge in [0.25, 0.3) is 0 Å². The Morgan fingerprint density at radius 1 is 0.917 bits per heavy atom. The lowest BCUT2D eigenvalue weighted by Gasteiger charge is -2.29. The molecule has 0 bridgehead atoms. The van der Waals surface area contributed by atoms with Gasteiger partial charge in [0.05, 0.1) is 25.9 Å². The molecular weight excluding hydrogens is 302 g/mol. The zero-order chi connectivity index (χ0) is 16.6. The minimum absolute atomic E-state index is 0.160. The van der Waals surface area contributed by atoms with Gasteiger partial charge in [0.15, 0.2) is 0 Å². The van der Waals surface area contributed by atoms with Gasteiger partial charge >= 0.3 is 0 Å². The summed E-state index contributed by atoms with van der Waals surface area (Å²) >= 11 is 0. The molecule has 0 spiro atoms. The maximum absolute atomic E-state index is 10.3. The SMILES string of the molecule is O[C@@H](COC(c1ccccc1)c1ccccc1)CN1CCOCC1. The summed E-state index contributed by atoms with van der Waals surface area (Å²) in [5.74, 6) is 0. The Morgan fingerprint density at radius 3 is 2.00 bits per heavy atom. The molecule has 4 nitrogen and oxygen atoms in total. The van der Waals surface area contributed by atoms with E-state index in [0.29, 0.717) is 13.2 Å². The molecule has 1 atom stereocenters. The van der Waals surface area contributed by atoms with Crippen LogP contribution < -0.4 is 0 Å². The Bertz CT molecular complexity index is 545. The van der Waals surface area contributed by atoms with Crippen molar-refractivity contribution in [1.29, 1.82) is 0 Å². The molecule has 1 saturated heterocycles. The first kappa shape index (κ1) is 17.1. The summed E-state index contributed by atoms with van der Waals surface area (Å²) in [7, 11) is 0. The van der Waals surface area contributed by atoms with Gasteiger partial charge in [-0.25, -0.2) is 0 Å². The van der Waals surface area contributed by atoms with Crippen LogP contribution in [0.2, 0.25) is 0 Å². The predicted octanol–water partition coefficient (Wildman–Crippen LogP) is 2.49. The number of ether oxygens (including phenoxy) is 2. The standard InChI is InChI=1S/C20H25NO3/c22-19(15-21-11-13-23-14-12-21)16-24-20(17-7-3-1-4-8-17)18-9-5-2-6-10-18/h1-10,19-20,22H,11-16H2/t19-/m1/s1. The van der Waals surface area contributed by atoms with Gasteiger partial charge in [0, 0.05) is 19.6 Å². The molecule has 1 heterocycles. The average Bonchev–Trinajstić information content (AvgIpc) is 2.64. The number of aliphatic hydroxyl groups excluding tert-OH is 1. The van der Waals surface area contributed by atoms with Crippen LogP contribution in [0.4, 0.5) is 0 Å². The van der Waals surface area contributed by atoms with Crippen molar-refractivity contribution in [2.45, 2.75) is 12.2 Å². The number of hydrogen-bond acceptors (Lipinski definition) is 4. The third-order valence-corrected chi connectivity index (χ3v) is 4.23.